The molecule has 5 nitrogen and oxygen atoms in total. The highest BCUT2D eigenvalue weighted by Crippen LogP contribution is 2.34. The van der Waals surface area contributed by atoms with Gasteiger partial charge in [0.1, 0.15) is 29.1 Å². The zero-order valence-corrected chi connectivity index (χ0v) is 15.6. The summed E-state index contributed by atoms with van der Waals surface area (Å²) in [6.07, 6.45) is 9.85. The highest BCUT2D eigenvalue weighted by atomic mass is 16.5. The summed E-state index contributed by atoms with van der Waals surface area (Å²) in [7, 11) is 0. The molecule has 2 aromatic rings. The number of hydrogen-bond acceptors (Lipinski definition) is 5. The van der Waals surface area contributed by atoms with Gasteiger partial charge in [0.25, 0.3) is 0 Å². The molecule has 0 atom stereocenters. The van der Waals surface area contributed by atoms with E-state index in [1.165, 1.54) is 32.1 Å². The highest BCUT2D eigenvalue weighted by molar-refractivity contribution is 5.90. The van der Waals surface area contributed by atoms with Crippen LogP contribution in [0.1, 0.15) is 63.9 Å². The Morgan fingerprint density at radius 1 is 1.04 bits per heavy atom. The second-order valence-corrected chi connectivity index (χ2v) is 6.64. The van der Waals surface area contributed by atoms with Gasteiger partial charge in [0, 0.05) is 0 Å². The van der Waals surface area contributed by atoms with Crippen LogP contribution in [0.25, 0.3) is 11.0 Å². The number of aromatic hydroxyl groups is 1. The molecule has 0 amide bonds. The van der Waals surface area contributed by atoms with Gasteiger partial charge in [-0.1, -0.05) is 57.9 Å². The minimum atomic E-state index is -0.489. The predicted molar refractivity (Wildman–Crippen MR) is 103 cm³/mol. The summed E-state index contributed by atoms with van der Waals surface area (Å²) < 4.78 is 10.8. The van der Waals surface area contributed by atoms with E-state index in [4.69, 9.17) is 14.3 Å². The molecular weight excluding hydrogens is 332 g/mol. The first kappa shape index (κ1) is 20.3. The van der Waals surface area contributed by atoms with Gasteiger partial charge in [-0.2, -0.15) is 0 Å². The van der Waals surface area contributed by atoms with E-state index in [0.717, 1.165) is 19.3 Å². The zero-order chi connectivity index (χ0) is 18.8. The largest absolute Gasteiger partial charge is 0.506 e. The first-order valence-electron chi connectivity index (χ1n) is 9.70. The number of rotatable bonds is 12. The third kappa shape index (κ3) is 5.49. The van der Waals surface area contributed by atoms with Crippen LogP contribution < -0.4 is 10.4 Å². The van der Waals surface area contributed by atoms with Crippen molar-refractivity contribution in [3.05, 3.63) is 34.2 Å². The summed E-state index contributed by atoms with van der Waals surface area (Å²) in [6.45, 7) is 2.20. The molecule has 5 heteroatoms. The van der Waals surface area contributed by atoms with Gasteiger partial charge in [-0.05, 0) is 25.0 Å². The van der Waals surface area contributed by atoms with Crippen LogP contribution in [0.15, 0.2) is 27.4 Å². The fourth-order valence-electron chi connectivity index (χ4n) is 3.17. The molecule has 0 unspecified atom stereocenters. The van der Waals surface area contributed by atoms with Crippen molar-refractivity contribution in [3.63, 3.8) is 0 Å². The van der Waals surface area contributed by atoms with Crippen LogP contribution in [-0.4, -0.2) is 23.4 Å². The molecule has 0 saturated heterocycles. The molecule has 0 radical (unpaired) electrons. The van der Waals surface area contributed by atoms with Crippen LogP contribution in [0.3, 0.4) is 0 Å². The summed E-state index contributed by atoms with van der Waals surface area (Å²) in [5, 5.41) is 19.9. The first-order chi connectivity index (χ1) is 12.7. The van der Waals surface area contributed by atoms with Crippen LogP contribution in [0.5, 0.6) is 11.5 Å². The van der Waals surface area contributed by atoms with Crippen molar-refractivity contribution in [1.82, 2.24) is 0 Å². The van der Waals surface area contributed by atoms with Gasteiger partial charge in [-0.3, -0.25) is 0 Å². The van der Waals surface area contributed by atoms with E-state index in [2.05, 4.69) is 6.92 Å². The van der Waals surface area contributed by atoms with Crippen molar-refractivity contribution in [2.75, 3.05) is 13.2 Å². The van der Waals surface area contributed by atoms with Gasteiger partial charge >= 0.3 is 5.63 Å². The molecule has 1 aromatic heterocycles. The molecule has 0 aliphatic carbocycles. The number of hydrogen-bond donors (Lipinski definition) is 2. The maximum atomic E-state index is 12.2. The standard InChI is InChI=1S/C21H30O5/c1-2-3-4-5-6-7-8-9-11-16-20(23)19-17(25-15-14-22)12-10-13-18(19)26-21(16)24/h10,12-13,22-23H,2-9,11,14-15H2,1H3. The smallest absolute Gasteiger partial charge is 0.343 e. The Morgan fingerprint density at radius 3 is 2.42 bits per heavy atom. The summed E-state index contributed by atoms with van der Waals surface area (Å²) in [5.41, 5.74) is 0.114. The third-order valence-corrected chi connectivity index (χ3v) is 4.59. The number of fused-ring (bicyclic) bond motifs is 1. The second-order valence-electron chi connectivity index (χ2n) is 6.64. The van der Waals surface area contributed by atoms with Crippen LogP contribution in [0, 0.1) is 0 Å². The van der Waals surface area contributed by atoms with Gasteiger partial charge < -0.3 is 19.4 Å². The number of ether oxygens (including phenoxy) is 1. The van der Waals surface area contributed by atoms with Crippen molar-refractivity contribution >= 4 is 11.0 Å². The molecule has 1 heterocycles. The first-order valence-corrected chi connectivity index (χ1v) is 9.70. The van der Waals surface area contributed by atoms with E-state index in [1.54, 1.807) is 18.2 Å². The summed E-state index contributed by atoms with van der Waals surface area (Å²) >= 11 is 0. The maximum absolute atomic E-state index is 12.2. The average molecular weight is 362 g/mol. The van der Waals surface area contributed by atoms with Gasteiger partial charge in [0.05, 0.1) is 12.2 Å². The van der Waals surface area contributed by atoms with Crippen LogP contribution in [0.2, 0.25) is 0 Å². The Balaban J connectivity index is 2.02. The molecule has 2 rings (SSSR count). The molecular formula is C21H30O5. The minimum absolute atomic E-state index is 0.0623. The van der Waals surface area contributed by atoms with Gasteiger partial charge in [0.2, 0.25) is 0 Å². The number of aliphatic hydroxyl groups is 1. The van der Waals surface area contributed by atoms with Crippen molar-refractivity contribution in [2.24, 2.45) is 0 Å². The molecule has 0 aliphatic heterocycles. The van der Waals surface area contributed by atoms with Crippen LogP contribution >= 0.6 is 0 Å². The Hall–Kier alpha value is -2.01. The molecule has 1 aromatic carbocycles. The monoisotopic (exact) mass is 362 g/mol. The molecule has 0 fully saturated rings. The molecule has 0 bridgehead atoms. The Morgan fingerprint density at radius 2 is 1.73 bits per heavy atom. The van der Waals surface area contributed by atoms with Gasteiger partial charge in [-0.25, -0.2) is 4.79 Å². The lowest BCUT2D eigenvalue weighted by Crippen LogP contribution is -2.09. The summed E-state index contributed by atoms with van der Waals surface area (Å²) in [4.78, 5) is 12.2. The van der Waals surface area contributed by atoms with E-state index < -0.39 is 5.63 Å². The second kappa shape index (κ2) is 10.9. The van der Waals surface area contributed by atoms with E-state index >= 15 is 0 Å². The normalized spacial score (nSPS) is 11.2. The number of unbranched alkanes of at least 4 members (excludes halogenated alkanes) is 7. The van der Waals surface area contributed by atoms with Gasteiger partial charge in [-0.15, -0.1) is 0 Å². The van der Waals surface area contributed by atoms with E-state index in [9.17, 15) is 9.90 Å². The predicted octanol–water partition coefficient (Wildman–Crippen LogP) is 4.55. The van der Waals surface area contributed by atoms with Crippen LogP contribution in [0.4, 0.5) is 0 Å². The van der Waals surface area contributed by atoms with Crippen molar-refractivity contribution in [2.45, 2.75) is 64.7 Å². The fourth-order valence-corrected chi connectivity index (χ4v) is 3.17. The van der Waals surface area contributed by atoms with Crippen molar-refractivity contribution in [1.29, 1.82) is 0 Å². The molecule has 26 heavy (non-hydrogen) atoms. The van der Waals surface area contributed by atoms with Gasteiger partial charge in [0.15, 0.2) is 0 Å². The molecule has 0 saturated carbocycles. The molecule has 144 valence electrons. The topological polar surface area (TPSA) is 79.9 Å². The highest BCUT2D eigenvalue weighted by Gasteiger charge is 2.17. The molecule has 2 N–H and O–H groups in total. The van der Waals surface area contributed by atoms with E-state index in [-0.39, 0.29) is 19.0 Å². The lowest BCUT2D eigenvalue weighted by Gasteiger charge is -2.11. The van der Waals surface area contributed by atoms with Crippen molar-refractivity contribution < 1.29 is 19.4 Å². The van der Waals surface area contributed by atoms with Crippen LogP contribution in [-0.2, 0) is 6.42 Å². The Kier molecular flexibility index (Phi) is 8.48. The third-order valence-electron chi connectivity index (χ3n) is 4.59. The Labute approximate surface area is 154 Å². The maximum Gasteiger partial charge on any atom is 0.343 e. The molecule has 0 spiro atoms. The molecule has 0 aliphatic rings. The minimum Gasteiger partial charge on any atom is -0.506 e. The zero-order valence-electron chi connectivity index (χ0n) is 15.6. The summed E-state index contributed by atoms with van der Waals surface area (Å²) in [5.74, 6) is 0.350. The van der Waals surface area contributed by atoms with E-state index in [1.807, 2.05) is 0 Å². The Bertz CT molecular complexity index is 735. The van der Waals surface area contributed by atoms with E-state index in [0.29, 0.717) is 28.7 Å². The number of benzene rings is 1. The quantitative estimate of drug-likeness (QED) is 0.428. The SMILES string of the molecule is CCCCCCCCCCc1c(O)c2c(OCCO)cccc2oc1=O. The lowest BCUT2D eigenvalue weighted by atomic mass is 10.0. The number of aliphatic hydroxyl groups excluding tert-OH is 1. The fraction of sp³-hybridized carbons (Fsp3) is 0.571. The van der Waals surface area contributed by atoms with Crippen molar-refractivity contribution in [3.8, 4) is 11.5 Å². The summed E-state index contributed by atoms with van der Waals surface area (Å²) in [6, 6.07) is 5.01. The average Bonchev–Trinajstić information content (AvgIpc) is 2.64. The lowest BCUT2D eigenvalue weighted by molar-refractivity contribution is 0.202.